The number of nitrogens with one attached hydrogen (secondary N) is 1. The highest BCUT2D eigenvalue weighted by Gasteiger charge is 1.85. The molecule has 0 spiro atoms. The largest absolute Gasteiger partial charge is 0.295 e. The molecule has 0 aliphatic carbocycles. The van der Waals surface area contributed by atoms with Gasteiger partial charge in [0.05, 0.1) is 6.20 Å². The lowest BCUT2D eigenvalue weighted by molar-refractivity contribution is 0.671. The summed E-state index contributed by atoms with van der Waals surface area (Å²) in [5.41, 5.74) is 0. The first-order chi connectivity index (χ1) is 2.79. The van der Waals surface area contributed by atoms with Crippen LogP contribution < -0.4 is 0 Å². The normalized spacial score (nSPS) is 9.67. The lowest BCUT2D eigenvalue weighted by Crippen LogP contribution is -2.00. The molecule has 0 aliphatic rings. The molecule has 0 unspecified atom stereocenters. The van der Waals surface area contributed by atoms with E-state index in [2.05, 4.69) is 21.0 Å². The quantitative estimate of drug-likeness (QED) is 0.570. The fourth-order valence-electron chi connectivity index (χ4n) is 0.333. The smallest absolute Gasteiger partial charge is 0.115 e. The summed E-state index contributed by atoms with van der Waals surface area (Å²) in [5.74, 6) is 0. The summed E-state index contributed by atoms with van der Waals surface area (Å²) in [6, 6.07) is 0. The van der Waals surface area contributed by atoms with Crippen LogP contribution >= 0.6 is 15.9 Å². The van der Waals surface area contributed by atoms with Crippen molar-refractivity contribution in [3.63, 3.8) is 0 Å². The van der Waals surface area contributed by atoms with Crippen LogP contribution in [0.4, 0.5) is 0 Å². The fraction of sp³-hybridized carbons (Fsp3) is 0.333. The number of aromatic nitrogens is 2. The third-order valence-electron chi connectivity index (χ3n) is 0.590. The van der Waals surface area contributed by atoms with Crippen LogP contribution in [0.1, 0.15) is 0 Å². The topological polar surface area (TPSA) is 20.7 Å². The maximum atomic E-state index is 3.21. The van der Waals surface area contributed by atoms with Crippen LogP contribution in [0.25, 0.3) is 0 Å². The third kappa shape index (κ3) is 0.497. The minimum absolute atomic E-state index is 1.05. The van der Waals surface area contributed by atoms with Crippen LogP contribution in [-0.4, -0.2) is 9.78 Å². The van der Waals surface area contributed by atoms with Gasteiger partial charge in [-0.2, -0.15) is 0 Å². The number of rotatable bonds is 0. The van der Waals surface area contributed by atoms with Gasteiger partial charge in [-0.3, -0.25) is 9.78 Å². The molecule has 0 amide bonds. The van der Waals surface area contributed by atoms with Crippen molar-refractivity contribution in [2.45, 2.75) is 0 Å². The van der Waals surface area contributed by atoms with E-state index in [4.69, 9.17) is 0 Å². The average Bonchev–Trinajstić information content (AvgIpc) is 1.33. The van der Waals surface area contributed by atoms with E-state index in [0.29, 0.717) is 0 Å². The first kappa shape index (κ1) is 3.99. The molecule has 0 aliphatic heterocycles. The molecule has 0 saturated carbocycles. The van der Waals surface area contributed by atoms with Gasteiger partial charge in [-0.25, -0.2) is 0 Å². The first-order valence-corrected chi connectivity index (χ1v) is 2.45. The number of H-pyrrole nitrogens is 1. The van der Waals surface area contributed by atoms with E-state index in [0.717, 1.165) is 4.60 Å². The summed E-state index contributed by atoms with van der Waals surface area (Å²) in [5, 5.41) is 2.92. The van der Waals surface area contributed by atoms with Crippen molar-refractivity contribution in [1.82, 2.24) is 9.78 Å². The molecule has 0 atom stereocenters. The van der Waals surface area contributed by atoms with E-state index in [1.54, 1.807) is 0 Å². The Hall–Kier alpha value is -0.180. The highest BCUT2D eigenvalue weighted by atomic mass is 79.9. The number of nitrogens with zero attached hydrogens (tertiary/aromatic N) is 1. The van der Waals surface area contributed by atoms with E-state index in [-0.39, 0.29) is 0 Å². The van der Waals surface area contributed by atoms with E-state index in [9.17, 15) is 0 Å². The molecule has 0 fully saturated rings. The Labute approximate surface area is 44.3 Å². The molecule has 1 aromatic heterocycles. The first-order valence-electron chi connectivity index (χ1n) is 1.66. The van der Waals surface area contributed by atoms with Gasteiger partial charge >= 0.3 is 0 Å². The predicted octanol–water partition coefficient (Wildman–Crippen LogP) is 1.12. The van der Waals surface area contributed by atoms with Crippen molar-refractivity contribution in [2.75, 3.05) is 0 Å². The molecular formula is C3H5BrN2. The number of halogens is 1. The van der Waals surface area contributed by atoms with Crippen molar-refractivity contribution < 1.29 is 0 Å². The van der Waals surface area contributed by atoms with Crippen molar-refractivity contribution in [3.8, 4) is 0 Å². The van der Waals surface area contributed by atoms with Gasteiger partial charge in [0.25, 0.3) is 0 Å². The molecule has 0 saturated heterocycles. The maximum absolute atomic E-state index is 3.21. The highest BCUT2D eigenvalue weighted by molar-refractivity contribution is 9.10. The second-order valence-corrected chi connectivity index (χ2v) is 2.05. The zero-order valence-corrected chi connectivity index (χ0v) is 4.99. The van der Waals surface area contributed by atoms with Crippen molar-refractivity contribution in [3.05, 3.63) is 10.8 Å². The third-order valence-corrected chi connectivity index (χ3v) is 0.972. The van der Waals surface area contributed by atoms with Gasteiger partial charge in [0, 0.05) is 7.05 Å². The molecule has 1 N–H and O–H groups in total. The fourth-order valence-corrected chi connectivity index (χ4v) is 0.920. The molecule has 0 radical (unpaired) electrons. The molecule has 1 aromatic rings. The van der Waals surface area contributed by atoms with Crippen molar-refractivity contribution in [1.29, 1.82) is 0 Å². The number of aryl methyl sites for hydroxylation is 1. The van der Waals surface area contributed by atoms with E-state index in [1.807, 2.05) is 17.9 Å². The zero-order chi connectivity index (χ0) is 4.57. The summed E-state index contributed by atoms with van der Waals surface area (Å²) in [6.07, 6.45) is 1.94. The Balaban J connectivity index is 2.77. The highest BCUT2D eigenvalue weighted by Crippen LogP contribution is 2.02. The van der Waals surface area contributed by atoms with Crippen LogP contribution in [-0.2, 0) is 7.05 Å². The second kappa shape index (κ2) is 1.15. The van der Waals surface area contributed by atoms with Gasteiger partial charge in [0.2, 0.25) is 0 Å². The standard InChI is InChI=1S/C3H5BrN2/c1-6-2-3(4)5-6/h2,5H,1H3. The molecule has 6 heavy (non-hydrogen) atoms. The van der Waals surface area contributed by atoms with Crippen LogP contribution in [0.5, 0.6) is 0 Å². The number of hydrogen-bond acceptors (Lipinski definition) is 0. The van der Waals surface area contributed by atoms with E-state index >= 15 is 0 Å². The van der Waals surface area contributed by atoms with E-state index < -0.39 is 0 Å². The monoisotopic (exact) mass is 148 g/mol. The Kier molecular flexibility index (Phi) is 0.765. The molecular weight excluding hydrogens is 144 g/mol. The lowest BCUT2D eigenvalue weighted by Gasteiger charge is -2.02. The number of aromatic amines is 1. The van der Waals surface area contributed by atoms with Gasteiger partial charge < -0.3 is 0 Å². The molecule has 3 heteroatoms. The Morgan fingerprint density at radius 2 is 2.50 bits per heavy atom. The number of hydrogen-bond donors (Lipinski definition) is 1. The summed E-state index contributed by atoms with van der Waals surface area (Å²) in [6.45, 7) is 0. The van der Waals surface area contributed by atoms with Crippen molar-refractivity contribution >= 4 is 15.9 Å². The van der Waals surface area contributed by atoms with Crippen LogP contribution in [0.2, 0.25) is 0 Å². The zero-order valence-electron chi connectivity index (χ0n) is 3.40. The summed E-state index contributed by atoms with van der Waals surface area (Å²) in [7, 11) is 1.94. The minimum atomic E-state index is 1.05. The van der Waals surface area contributed by atoms with Gasteiger partial charge in [-0.15, -0.1) is 0 Å². The SMILES string of the molecule is Cn1cc(Br)[nH]1. The van der Waals surface area contributed by atoms with Gasteiger partial charge in [-0.1, -0.05) is 0 Å². The Morgan fingerprint density at radius 3 is 2.50 bits per heavy atom. The lowest BCUT2D eigenvalue weighted by atomic mass is 10.8. The molecule has 2 nitrogen and oxygen atoms in total. The molecule has 1 heterocycles. The Bertz CT molecular complexity index is 106. The maximum Gasteiger partial charge on any atom is 0.115 e. The average molecular weight is 149 g/mol. The van der Waals surface area contributed by atoms with Gasteiger partial charge in [0.15, 0.2) is 0 Å². The Morgan fingerprint density at radius 1 is 2.00 bits per heavy atom. The van der Waals surface area contributed by atoms with Crippen LogP contribution in [0.3, 0.4) is 0 Å². The van der Waals surface area contributed by atoms with Gasteiger partial charge in [0.1, 0.15) is 4.60 Å². The molecule has 0 aromatic carbocycles. The summed E-state index contributed by atoms with van der Waals surface area (Å²) in [4.78, 5) is 0. The van der Waals surface area contributed by atoms with Crippen molar-refractivity contribution in [2.24, 2.45) is 7.05 Å². The minimum Gasteiger partial charge on any atom is -0.295 e. The molecule has 0 bridgehead atoms. The van der Waals surface area contributed by atoms with E-state index in [1.165, 1.54) is 0 Å². The second-order valence-electron chi connectivity index (χ2n) is 1.20. The van der Waals surface area contributed by atoms with Gasteiger partial charge in [-0.05, 0) is 15.9 Å². The summed E-state index contributed by atoms with van der Waals surface area (Å²) >= 11 is 3.21. The summed E-state index contributed by atoms with van der Waals surface area (Å²) < 4.78 is 2.91. The predicted molar refractivity (Wildman–Crippen MR) is 27.5 cm³/mol. The van der Waals surface area contributed by atoms with Crippen LogP contribution in [0, 0.1) is 0 Å². The van der Waals surface area contributed by atoms with Crippen LogP contribution in [0.15, 0.2) is 10.8 Å². The molecule has 1 rings (SSSR count). The molecule has 34 valence electrons.